The van der Waals surface area contributed by atoms with Crippen molar-refractivity contribution in [2.24, 2.45) is 0 Å². The Labute approximate surface area is 128 Å². The molecular weight excluding hydrogens is 338 g/mol. The number of alkyl halides is 3. The Kier molecular flexibility index (Phi) is 8.18. The molecule has 0 aromatic rings. The first-order valence-electron chi connectivity index (χ1n) is 5.73. The first-order chi connectivity index (χ1) is 8.26. The van der Waals surface area contributed by atoms with Gasteiger partial charge in [0.2, 0.25) is 0 Å². The summed E-state index contributed by atoms with van der Waals surface area (Å²) in [6.45, 7) is 6.51. The molecule has 10 radical (unpaired) electrons. The van der Waals surface area contributed by atoms with Crippen LogP contribution in [0.3, 0.4) is 0 Å². The molecule has 0 aromatic carbocycles. The van der Waals surface area contributed by atoms with Gasteiger partial charge in [-0.25, -0.2) is 0 Å². The van der Waals surface area contributed by atoms with Crippen LogP contribution in [-0.4, -0.2) is 6.18 Å². The van der Waals surface area contributed by atoms with Gasteiger partial charge in [0.05, 0.1) is 5.92 Å². The minimum Gasteiger partial charge on any atom is -0.170 e. The fourth-order valence-electron chi connectivity index (χ4n) is 1.96. The summed E-state index contributed by atoms with van der Waals surface area (Å²) in [5.74, 6) is 1.78. The molecule has 2 saturated carbocycles. The van der Waals surface area contributed by atoms with Crippen LogP contribution in [0.5, 0.6) is 0 Å². The van der Waals surface area contributed by atoms with E-state index in [0.29, 0.717) is 11.8 Å². The molecule has 2 rings (SSSR count). The maximum atomic E-state index is 12.5. The Hall–Kier alpha value is 0.413. The van der Waals surface area contributed by atoms with Gasteiger partial charge in [-0.2, -0.15) is 13.2 Å². The van der Waals surface area contributed by atoms with Gasteiger partial charge in [0.1, 0.15) is 0 Å². The topological polar surface area (TPSA) is 0 Å². The minimum atomic E-state index is -4.22. The van der Waals surface area contributed by atoms with E-state index in [0.717, 1.165) is 11.8 Å². The number of hydrogen-bond acceptors (Lipinski definition) is 0. The number of halogens is 3. The maximum Gasteiger partial charge on any atom is 2.00 e. The molecule has 0 aliphatic heterocycles. The summed E-state index contributed by atoms with van der Waals surface area (Å²) in [4.78, 5) is 0. The van der Waals surface area contributed by atoms with Crippen molar-refractivity contribution in [3.8, 4) is 0 Å². The summed E-state index contributed by atoms with van der Waals surface area (Å²) in [5, 5.41) is 0. The molecule has 4 heteroatoms. The third kappa shape index (κ3) is 5.03. The largest absolute Gasteiger partial charge is 2.00 e. The van der Waals surface area contributed by atoms with Crippen molar-refractivity contribution in [3.63, 3.8) is 0 Å². The van der Waals surface area contributed by atoms with Gasteiger partial charge in [-0.15, -0.1) is 0 Å². The van der Waals surface area contributed by atoms with E-state index < -0.39 is 12.1 Å². The average Bonchev–Trinajstić information content (AvgIpc) is 2.87. The molecule has 0 amide bonds. The van der Waals surface area contributed by atoms with Crippen molar-refractivity contribution in [1.82, 2.24) is 0 Å². The predicted octanol–water partition coefficient (Wildman–Crippen LogP) is 4.53. The molecule has 0 atom stereocenters. The molecule has 104 valence electrons. The van der Waals surface area contributed by atoms with E-state index in [1.807, 2.05) is 32.1 Å². The van der Waals surface area contributed by atoms with E-state index in [2.05, 4.69) is 0 Å². The van der Waals surface area contributed by atoms with Crippen LogP contribution in [0.15, 0.2) is 0 Å². The third-order valence-electron chi connectivity index (χ3n) is 3.28. The summed E-state index contributed by atoms with van der Waals surface area (Å²) in [6, 6.07) is 0. The second-order valence-corrected chi connectivity index (χ2v) is 4.34. The molecular formula is C15H17F3Ru+2. The standard InChI is InChI=1S/C10H12F3.C5H5.Ru/c1-5-6(2)8(4)9(7(5)3)10(11,12)13;1-2-4-5-3-1;/h1-4H3;1-5H;/q;;+2. The number of hydrogen-bond donors (Lipinski definition) is 0. The Bertz CT molecular complexity index is 227. The fraction of sp³-hybridized carbons (Fsp3) is 0.333. The van der Waals surface area contributed by atoms with Gasteiger partial charge in [0, 0.05) is 0 Å². The van der Waals surface area contributed by atoms with E-state index in [9.17, 15) is 13.2 Å². The molecule has 2 aliphatic rings. The van der Waals surface area contributed by atoms with Gasteiger partial charge in [0.15, 0.2) is 0 Å². The van der Waals surface area contributed by atoms with Crippen molar-refractivity contribution < 1.29 is 32.6 Å². The fourth-order valence-corrected chi connectivity index (χ4v) is 1.96. The van der Waals surface area contributed by atoms with Gasteiger partial charge in [-0.3, -0.25) is 0 Å². The van der Waals surface area contributed by atoms with Crippen molar-refractivity contribution >= 4 is 0 Å². The quantitative estimate of drug-likeness (QED) is 0.560. The summed E-state index contributed by atoms with van der Waals surface area (Å²) >= 11 is 0. The smallest absolute Gasteiger partial charge is 0.170 e. The summed E-state index contributed by atoms with van der Waals surface area (Å²) in [7, 11) is 0. The van der Waals surface area contributed by atoms with Crippen molar-refractivity contribution in [3.05, 3.63) is 61.7 Å². The van der Waals surface area contributed by atoms with Gasteiger partial charge in [0.25, 0.3) is 0 Å². The van der Waals surface area contributed by atoms with Crippen LogP contribution in [0, 0.1) is 61.7 Å². The van der Waals surface area contributed by atoms with E-state index in [-0.39, 0.29) is 19.5 Å². The molecule has 0 bridgehead atoms. The van der Waals surface area contributed by atoms with E-state index >= 15 is 0 Å². The Morgan fingerprint density at radius 1 is 0.632 bits per heavy atom. The minimum absolute atomic E-state index is 0. The van der Waals surface area contributed by atoms with E-state index in [1.165, 1.54) is 13.8 Å². The predicted molar refractivity (Wildman–Crippen MR) is 66.5 cm³/mol. The molecule has 0 spiro atoms. The first kappa shape index (κ1) is 19.4. The van der Waals surface area contributed by atoms with Gasteiger partial charge in [-0.05, 0) is 55.8 Å². The molecule has 0 aromatic heterocycles. The summed E-state index contributed by atoms with van der Waals surface area (Å²) in [6.07, 6.45) is 5.78. The molecule has 0 heterocycles. The van der Waals surface area contributed by atoms with Gasteiger partial charge in [-0.1, -0.05) is 27.7 Å². The monoisotopic (exact) mass is 356 g/mol. The molecule has 0 nitrogen and oxygen atoms in total. The molecule has 19 heavy (non-hydrogen) atoms. The van der Waals surface area contributed by atoms with Crippen LogP contribution in [0.1, 0.15) is 27.7 Å². The summed E-state index contributed by atoms with van der Waals surface area (Å²) in [5.41, 5.74) is 0. The van der Waals surface area contributed by atoms with Crippen molar-refractivity contribution in [2.75, 3.05) is 0 Å². The van der Waals surface area contributed by atoms with Crippen molar-refractivity contribution in [1.29, 1.82) is 0 Å². The Morgan fingerprint density at radius 3 is 1.05 bits per heavy atom. The van der Waals surface area contributed by atoms with E-state index in [4.69, 9.17) is 0 Å². The van der Waals surface area contributed by atoms with Crippen LogP contribution in [0.25, 0.3) is 0 Å². The summed E-state index contributed by atoms with van der Waals surface area (Å²) < 4.78 is 37.5. The van der Waals surface area contributed by atoms with Gasteiger partial charge < -0.3 is 0 Å². The Balaban J connectivity index is 0.000000454. The second kappa shape index (κ2) is 8.00. The molecule has 0 saturated heterocycles. The van der Waals surface area contributed by atoms with Crippen LogP contribution in [0.2, 0.25) is 0 Å². The number of rotatable bonds is 0. The second-order valence-electron chi connectivity index (χ2n) is 4.34. The van der Waals surface area contributed by atoms with Crippen LogP contribution < -0.4 is 0 Å². The van der Waals surface area contributed by atoms with E-state index in [1.54, 1.807) is 13.8 Å². The average molecular weight is 355 g/mol. The molecule has 0 N–H and O–H groups in total. The maximum absolute atomic E-state index is 12.5. The van der Waals surface area contributed by atoms with Crippen LogP contribution in [-0.2, 0) is 19.5 Å². The zero-order valence-electron chi connectivity index (χ0n) is 11.4. The third-order valence-corrected chi connectivity index (χ3v) is 3.28. The Morgan fingerprint density at radius 2 is 0.895 bits per heavy atom. The van der Waals surface area contributed by atoms with Gasteiger partial charge >= 0.3 is 25.7 Å². The normalized spacial score (nSPS) is 24.2. The zero-order chi connectivity index (χ0) is 13.9. The van der Waals surface area contributed by atoms with Crippen LogP contribution >= 0.6 is 0 Å². The molecule has 2 aliphatic carbocycles. The SMILES string of the molecule is C[C]1[C](C)[C](C)[C](C(F)(F)F)[C]1C.[CH]1[CH][CH][CH][CH]1.[Ru+2]. The van der Waals surface area contributed by atoms with Crippen LogP contribution in [0.4, 0.5) is 13.2 Å². The first-order valence-corrected chi connectivity index (χ1v) is 5.73. The zero-order valence-corrected chi connectivity index (χ0v) is 13.1. The molecule has 0 unspecified atom stereocenters. The van der Waals surface area contributed by atoms with Crippen molar-refractivity contribution in [2.45, 2.75) is 33.9 Å². The molecule has 2 fully saturated rings.